The van der Waals surface area contributed by atoms with Crippen LogP contribution in [0, 0.1) is 0 Å². The first-order valence-electron chi connectivity index (χ1n) is 5.64. The molecule has 0 saturated carbocycles. The lowest BCUT2D eigenvalue weighted by molar-refractivity contribution is -0.110. The second-order valence-electron chi connectivity index (χ2n) is 3.72. The number of benzene rings is 1. The standard InChI is InChI=1S/C14H14O3S2/c1-18-14(19-2)8-11(15)5-3-10-4-6-12-13(7-10)17-9-16-12/h3-8H,9H2,1-2H3. The van der Waals surface area contributed by atoms with Crippen LogP contribution in [0.25, 0.3) is 6.08 Å². The van der Waals surface area contributed by atoms with Gasteiger partial charge in [-0.2, -0.15) is 0 Å². The molecule has 0 radical (unpaired) electrons. The van der Waals surface area contributed by atoms with E-state index in [4.69, 9.17) is 9.47 Å². The Bertz CT molecular complexity index is 529. The SMILES string of the molecule is CSC(=CC(=O)C=Cc1ccc2c(c1)OCO2)SC. The van der Waals surface area contributed by atoms with Gasteiger partial charge < -0.3 is 9.47 Å². The molecule has 0 fully saturated rings. The van der Waals surface area contributed by atoms with Crippen molar-refractivity contribution >= 4 is 35.4 Å². The Balaban J connectivity index is 2.06. The lowest BCUT2D eigenvalue weighted by Crippen LogP contribution is -1.92. The van der Waals surface area contributed by atoms with Crippen molar-refractivity contribution in [2.45, 2.75) is 0 Å². The zero-order chi connectivity index (χ0) is 13.7. The molecule has 100 valence electrons. The average Bonchev–Trinajstić information content (AvgIpc) is 2.89. The van der Waals surface area contributed by atoms with Gasteiger partial charge in [0.05, 0.1) is 0 Å². The smallest absolute Gasteiger partial charge is 0.231 e. The minimum absolute atomic E-state index is 0.0173. The van der Waals surface area contributed by atoms with Gasteiger partial charge in [-0.25, -0.2) is 0 Å². The Hall–Kier alpha value is -1.33. The number of carbonyl (C=O) groups excluding carboxylic acids is 1. The quantitative estimate of drug-likeness (QED) is 0.776. The molecule has 1 aromatic rings. The highest BCUT2D eigenvalue weighted by atomic mass is 32.2. The first-order valence-corrected chi connectivity index (χ1v) is 8.09. The van der Waals surface area contributed by atoms with Gasteiger partial charge in [-0.05, 0) is 36.3 Å². The molecule has 0 N–H and O–H groups in total. The Morgan fingerprint density at radius 1 is 1.21 bits per heavy atom. The molecule has 1 aromatic carbocycles. The van der Waals surface area contributed by atoms with Gasteiger partial charge >= 0.3 is 0 Å². The van der Waals surface area contributed by atoms with Crippen molar-refractivity contribution in [1.82, 2.24) is 0 Å². The topological polar surface area (TPSA) is 35.5 Å². The molecule has 0 saturated heterocycles. The monoisotopic (exact) mass is 294 g/mol. The van der Waals surface area contributed by atoms with E-state index in [1.54, 1.807) is 41.8 Å². The van der Waals surface area contributed by atoms with E-state index in [2.05, 4.69) is 0 Å². The number of rotatable bonds is 5. The number of hydrogen-bond acceptors (Lipinski definition) is 5. The van der Waals surface area contributed by atoms with Gasteiger partial charge in [0.15, 0.2) is 17.3 Å². The minimum atomic E-state index is -0.0173. The molecule has 0 aromatic heterocycles. The third kappa shape index (κ3) is 3.81. The summed E-state index contributed by atoms with van der Waals surface area (Å²) in [4.78, 5) is 11.7. The van der Waals surface area contributed by atoms with Crippen LogP contribution in [0.5, 0.6) is 11.5 Å². The van der Waals surface area contributed by atoms with E-state index in [9.17, 15) is 4.79 Å². The van der Waals surface area contributed by atoms with Crippen molar-refractivity contribution in [1.29, 1.82) is 0 Å². The number of hydrogen-bond donors (Lipinski definition) is 0. The van der Waals surface area contributed by atoms with Gasteiger partial charge in [0.2, 0.25) is 6.79 Å². The summed E-state index contributed by atoms with van der Waals surface area (Å²) in [7, 11) is 0. The molecule has 1 heterocycles. The minimum Gasteiger partial charge on any atom is -0.454 e. The third-order valence-corrected chi connectivity index (χ3v) is 4.54. The van der Waals surface area contributed by atoms with Crippen LogP contribution in [0.4, 0.5) is 0 Å². The molecule has 19 heavy (non-hydrogen) atoms. The first-order chi connectivity index (χ1) is 9.22. The van der Waals surface area contributed by atoms with Crippen molar-refractivity contribution in [2.75, 3.05) is 19.3 Å². The number of fused-ring (bicyclic) bond motifs is 1. The number of ketones is 1. The van der Waals surface area contributed by atoms with Crippen molar-refractivity contribution in [3.63, 3.8) is 0 Å². The van der Waals surface area contributed by atoms with E-state index in [0.29, 0.717) is 0 Å². The van der Waals surface area contributed by atoms with E-state index >= 15 is 0 Å². The number of carbonyl (C=O) groups is 1. The molecule has 0 unspecified atom stereocenters. The average molecular weight is 294 g/mol. The second-order valence-corrected chi connectivity index (χ2v) is 5.67. The fraction of sp³-hybridized carbons (Fsp3) is 0.214. The van der Waals surface area contributed by atoms with Crippen LogP contribution in [-0.2, 0) is 4.79 Å². The van der Waals surface area contributed by atoms with E-state index in [1.807, 2.05) is 30.7 Å². The second kappa shape index (κ2) is 6.73. The molecular weight excluding hydrogens is 280 g/mol. The van der Waals surface area contributed by atoms with E-state index < -0.39 is 0 Å². The highest BCUT2D eigenvalue weighted by molar-refractivity contribution is 8.21. The molecular formula is C14H14O3S2. The van der Waals surface area contributed by atoms with Crippen molar-refractivity contribution < 1.29 is 14.3 Å². The molecule has 0 amide bonds. The maximum absolute atomic E-state index is 11.7. The van der Waals surface area contributed by atoms with Gasteiger partial charge in [-0.3, -0.25) is 4.79 Å². The summed E-state index contributed by atoms with van der Waals surface area (Å²) in [5.74, 6) is 1.45. The zero-order valence-electron chi connectivity index (χ0n) is 10.7. The molecule has 0 atom stereocenters. The van der Waals surface area contributed by atoms with Gasteiger partial charge in [0.1, 0.15) is 0 Å². The van der Waals surface area contributed by atoms with Crippen LogP contribution in [0.3, 0.4) is 0 Å². The largest absolute Gasteiger partial charge is 0.454 e. The van der Waals surface area contributed by atoms with E-state index in [-0.39, 0.29) is 12.6 Å². The predicted octanol–water partition coefficient (Wildman–Crippen LogP) is 3.57. The first kappa shape index (κ1) is 14.1. The Morgan fingerprint density at radius 2 is 1.95 bits per heavy atom. The molecule has 0 spiro atoms. The van der Waals surface area contributed by atoms with Crippen LogP contribution >= 0.6 is 23.5 Å². The summed E-state index contributed by atoms with van der Waals surface area (Å²) in [6.45, 7) is 0.259. The summed E-state index contributed by atoms with van der Waals surface area (Å²) >= 11 is 3.14. The van der Waals surface area contributed by atoms with E-state index in [0.717, 1.165) is 21.3 Å². The number of ether oxygens (including phenoxy) is 2. The van der Waals surface area contributed by atoms with Crippen molar-refractivity contribution in [2.24, 2.45) is 0 Å². The summed E-state index contributed by atoms with van der Waals surface area (Å²) in [5, 5.41) is 0. The fourth-order valence-electron chi connectivity index (χ4n) is 1.56. The van der Waals surface area contributed by atoms with Gasteiger partial charge in [0.25, 0.3) is 0 Å². The lowest BCUT2D eigenvalue weighted by atomic mass is 10.1. The van der Waals surface area contributed by atoms with Crippen LogP contribution in [0.15, 0.2) is 34.6 Å². The van der Waals surface area contributed by atoms with Crippen LogP contribution in [-0.4, -0.2) is 25.1 Å². The summed E-state index contributed by atoms with van der Waals surface area (Å²) < 4.78 is 11.5. The summed E-state index contributed by atoms with van der Waals surface area (Å²) in [6.07, 6.45) is 8.89. The Labute approximate surface area is 121 Å². The zero-order valence-corrected chi connectivity index (χ0v) is 12.3. The highest BCUT2D eigenvalue weighted by Crippen LogP contribution is 2.32. The molecule has 5 heteroatoms. The van der Waals surface area contributed by atoms with Crippen molar-refractivity contribution in [3.8, 4) is 11.5 Å². The fourth-order valence-corrected chi connectivity index (χ4v) is 2.70. The van der Waals surface area contributed by atoms with E-state index in [1.165, 1.54) is 0 Å². The summed E-state index contributed by atoms with van der Waals surface area (Å²) in [5.41, 5.74) is 0.917. The van der Waals surface area contributed by atoms with Gasteiger partial charge in [0, 0.05) is 10.3 Å². The molecule has 0 bridgehead atoms. The highest BCUT2D eigenvalue weighted by Gasteiger charge is 2.12. The normalized spacial score (nSPS) is 12.7. The molecule has 1 aliphatic rings. The molecule has 1 aliphatic heterocycles. The lowest BCUT2D eigenvalue weighted by Gasteiger charge is -1.98. The number of thioether (sulfide) groups is 2. The van der Waals surface area contributed by atoms with Crippen LogP contribution < -0.4 is 9.47 Å². The van der Waals surface area contributed by atoms with Gasteiger partial charge in [-0.1, -0.05) is 12.1 Å². The maximum atomic E-state index is 11.7. The Morgan fingerprint density at radius 3 is 2.68 bits per heavy atom. The van der Waals surface area contributed by atoms with Crippen LogP contribution in [0.1, 0.15) is 5.56 Å². The molecule has 3 nitrogen and oxygen atoms in total. The van der Waals surface area contributed by atoms with Crippen LogP contribution in [0.2, 0.25) is 0 Å². The van der Waals surface area contributed by atoms with Gasteiger partial charge in [-0.15, -0.1) is 23.5 Å². The molecule has 2 rings (SSSR count). The number of allylic oxidation sites excluding steroid dienone is 2. The third-order valence-electron chi connectivity index (χ3n) is 2.50. The van der Waals surface area contributed by atoms with Crippen molar-refractivity contribution in [3.05, 3.63) is 40.2 Å². The molecule has 0 aliphatic carbocycles. The predicted molar refractivity (Wildman–Crippen MR) is 81.7 cm³/mol. The maximum Gasteiger partial charge on any atom is 0.231 e. The Kier molecular flexibility index (Phi) is 4.99. The summed E-state index contributed by atoms with van der Waals surface area (Å²) in [6, 6.07) is 5.60.